The Balaban J connectivity index is 0.000000152. The number of rotatable bonds is 1. The van der Waals surface area contributed by atoms with Crippen LogP contribution >= 0.6 is 45.9 Å². The quantitative estimate of drug-likeness (QED) is 0.188. The number of thiophene rings is 2. The molecule has 0 spiro atoms. The molecule has 1 aliphatic heterocycles. The van der Waals surface area contributed by atoms with Crippen molar-refractivity contribution in [2.24, 2.45) is 0 Å². The van der Waals surface area contributed by atoms with Crippen molar-refractivity contribution in [1.29, 1.82) is 0 Å². The second-order valence-corrected chi connectivity index (χ2v) is 13.0. The number of ether oxygens (including phenoxy) is 1. The summed E-state index contributed by atoms with van der Waals surface area (Å²) in [5.41, 5.74) is 6.08. The van der Waals surface area contributed by atoms with Gasteiger partial charge < -0.3 is 9.64 Å². The first-order chi connectivity index (χ1) is 19.8. The Hall–Kier alpha value is -3.00. The first-order valence-electron chi connectivity index (χ1n) is 13.3. The van der Waals surface area contributed by atoms with Crippen LogP contribution in [0, 0.1) is 0 Å². The molecule has 0 N–H and O–H groups in total. The molecule has 0 atom stereocenters. The van der Waals surface area contributed by atoms with E-state index in [4.69, 9.17) is 27.9 Å². The molecule has 0 bridgehead atoms. The maximum absolute atomic E-state index is 12.6. The molecule has 1 saturated heterocycles. The minimum Gasteiger partial charge on any atom is -0.495 e. The lowest BCUT2D eigenvalue weighted by Gasteiger charge is -2.27. The van der Waals surface area contributed by atoms with Crippen LogP contribution in [-0.4, -0.2) is 37.9 Å². The average Bonchev–Trinajstić information content (AvgIpc) is 3.61. The number of hydrogen-bond donors (Lipinski definition) is 0. The lowest BCUT2D eigenvalue weighted by molar-refractivity contribution is 0.0997. The average molecular weight is 621 g/mol. The molecule has 1 fully saturated rings. The number of carbonyl (C=O) groups excluding carboxylic acids is 1. The van der Waals surface area contributed by atoms with E-state index in [0.717, 1.165) is 68.4 Å². The number of benzene rings is 2. The Bertz CT molecular complexity index is 1900. The molecule has 3 aromatic carbocycles. The number of methoxy groups -OCH3 is 1. The van der Waals surface area contributed by atoms with E-state index in [9.17, 15) is 9.59 Å². The zero-order valence-electron chi connectivity index (χ0n) is 22.6. The summed E-state index contributed by atoms with van der Waals surface area (Å²) in [6.07, 6.45) is 2.58. The van der Waals surface area contributed by atoms with Crippen molar-refractivity contribution in [1.82, 2.24) is 4.90 Å². The zero-order chi connectivity index (χ0) is 28.7. The fourth-order valence-corrected chi connectivity index (χ4v) is 7.68. The first kappa shape index (κ1) is 28.1. The molecule has 2 aromatic heterocycles. The van der Waals surface area contributed by atoms with E-state index < -0.39 is 0 Å². The van der Waals surface area contributed by atoms with Crippen LogP contribution in [0.4, 0.5) is 0 Å². The summed E-state index contributed by atoms with van der Waals surface area (Å²) in [6, 6.07) is 17.1. The van der Waals surface area contributed by atoms with Gasteiger partial charge in [0.1, 0.15) is 5.75 Å². The highest BCUT2D eigenvalue weighted by molar-refractivity contribution is 7.17. The summed E-state index contributed by atoms with van der Waals surface area (Å²) in [5.74, 6) is 0.941. The third-order valence-corrected chi connectivity index (χ3v) is 10.1. The molecule has 0 saturated carbocycles. The van der Waals surface area contributed by atoms with Crippen LogP contribution in [0.5, 0.6) is 5.75 Å². The van der Waals surface area contributed by atoms with Gasteiger partial charge in [-0.25, -0.2) is 0 Å². The molecule has 0 unspecified atom stereocenters. The molecule has 3 heterocycles. The summed E-state index contributed by atoms with van der Waals surface area (Å²) in [5, 5.41) is 7.36. The molecule has 0 amide bonds. The van der Waals surface area contributed by atoms with Gasteiger partial charge in [-0.3, -0.25) is 9.59 Å². The minimum atomic E-state index is -0.00736. The largest absolute Gasteiger partial charge is 0.495 e. The number of ketones is 1. The lowest BCUT2D eigenvalue weighted by Crippen LogP contribution is -2.27. The molecular weight excluding hydrogens is 593 g/mol. The van der Waals surface area contributed by atoms with Gasteiger partial charge in [0.25, 0.3) is 0 Å². The Kier molecular flexibility index (Phi) is 8.03. The van der Waals surface area contributed by atoms with Crippen LogP contribution in [0.3, 0.4) is 0 Å². The molecule has 41 heavy (non-hydrogen) atoms. The van der Waals surface area contributed by atoms with Crippen molar-refractivity contribution >= 4 is 78.1 Å². The van der Waals surface area contributed by atoms with Gasteiger partial charge in [-0.05, 0) is 95.2 Å². The van der Waals surface area contributed by atoms with Crippen molar-refractivity contribution in [3.63, 3.8) is 0 Å². The van der Waals surface area contributed by atoms with Crippen molar-refractivity contribution in [3.8, 4) is 5.75 Å². The van der Waals surface area contributed by atoms with E-state index in [0.29, 0.717) is 22.2 Å². The molecule has 208 valence electrons. The van der Waals surface area contributed by atoms with Crippen LogP contribution in [0.25, 0.3) is 26.4 Å². The Morgan fingerprint density at radius 3 is 2.34 bits per heavy atom. The normalized spacial score (nSPS) is 15.3. The second kappa shape index (κ2) is 11.7. The van der Waals surface area contributed by atoms with Gasteiger partial charge in [0, 0.05) is 45.9 Å². The van der Waals surface area contributed by atoms with E-state index in [2.05, 4.69) is 18.0 Å². The van der Waals surface area contributed by atoms with Gasteiger partial charge in [-0.15, -0.1) is 22.7 Å². The van der Waals surface area contributed by atoms with Crippen molar-refractivity contribution in [2.75, 3.05) is 27.2 Å². The number of halogens is 2. The van der Waals surface area contributed by atoms with Crippen LogP contribution < -0.4 is 10.2 Å². The van der Waals surface area contributed by atoms with Crippen LogP contribution in [0.15, 0.2) is 75.7 Å². The van der Waals surface area contributed by atoms with E-state index in [1.807, 2.05) is 47.2 Å². The van der Waals surface area contributed by atoms with Gasteiger partial charge in [0.15, 0.2) is 11.2 Å². The molecule has 0 radical (unpaired) electrons. The van der Waals surface area contributed by atoms with Crippen molar-refractivity contribution < 1.29 is 9.53 Å². The summed E-state index contributed by atoms with van der Waals surface area (Å²) < 4.78 is 6.25. The maximum atomic E-state index is 12.6. The number of nitrogens with zero attached hydrogens (tertiary/aromatic N) is 1. The Labute approximate surface area is 256 Å². The van der Waals surface area contributed by atoms with Crippen LogP contribution in [0.1, 0.15) is 39.2 Å². The van der Waals surface area contributed by atoms with Crippen LogP contribution in [-0.2, 0) is 6.42 Å². The number of piperidine rings is 1. The number of carbonyl (C=O) groups is 1. The summed E-state index contributed by atoms with van der Waals surface area (Å²) in [4.78, 5) is 28.4. The summed E-state index contributed by atoms with van der Waals surface area (Å²) in [7, 11) is 3.78. The van der Waals surface area contributed by atoms with Gasteiger partial charge in [0.2, 0.25) is 0 Å². The summed E-state index contributed by atoms with van der Waals surface area (Å²) in [6.45, 7) is 2.14. The highest BCUT2D eigenvalue weighted by Crippen LogP contribution is 2.41. The molecule has 2 aliphatic rings. The van der Waals surface area contributed by atoms with Gasteiger partial charge in [-0.2, -0.15) is 0 Å². The number of Topliss-reactive ketones (excluding diaryl/α,β-unsaturated/α-hetero) is 1. The van der Waals surface area contributed by atoms with Crippen molar-refractivity contribution in [2.45, 2.75) is 19.3 Å². The van der Waals surface area contributed by atoms with Crippen molar-refractivity contribution in [3.05, 3.63) is 113 Å². The molecule has 5 aromatic rings. The van der Waals surface area contributed by atoms with E-state index >= 15 is 0 Å². The van der Waals surface area contributed by atoms with E-state index in [1.54, 1.807) is 30.6 Å². The monoisotopic (exact) mass is 619 g/mol. The Morgan fingerprint density at radius 2 is 1.56 bits per heavy atom. The SMILES string of the molecule is CN1CCC(=C2c3cc(Cl)ccc3CC(=O)c3sccc32)CC1.COc1cc2ccc(Cl)cc2c(=O)c2ccsc12. The van der Waals surface area contributed by atoms with Crippen LogP contribution in [0.2, 0.25) is 10.0 Å². The smallest absolute Gasteiger partial charge is 0.195 e. The maximum Gasteiger partial charge on any atom is 0.195 e. The first-order valence-corrected chi connectivity index (χ1v) is 15.8. The number of fused-ring (bicyclic) bond motifs is 4. The predicted octanol–water partition coefficient (Wildman–Crippen LogP) is 8.74. The molecule has 7 rings (SSSR count). The number of likely N-dealkylation sites (tertiary alicyclic amines) is 1. The van der Waals surface area contributed by atoms with Gasteiger partial charge in [0.05, 0.1) is 16.7 Å². The highest BCUT2D eigenvalue weighted by atomic mass is 35.5. The molecular formula is C33H27Cl2NO3S2. The van der Waals surface area contributed by atoms with Gasteiger partial charge in [-0.1, -0.05) is 40.9 Å². The topological polar surface area (TPSA) is 46.6 Å². The second-order valence-electron chi connectivity index (χ2n) is 10.3. The molecule has 1 aliphatic carbocycles. The fourth-order valence-electron chi connectivity index (χ4n) is 5.61. The van der Waals surface area contributed by atoms with E-state index in [1.165, 1.54) is 22.5 Å². The Morgan fingerprint density at radius 1 is 0.829 bits per heavy atom. The number of hydrogen-bond acceptors (Lipinski definition) is 6. The van der Waals surface area contributed by atoms with Gasteiger partial charge >= 0.3 is 0 Å². The standard InChI is InChI=1S/C19H18ClNOS.C14H9ClO2S/c1-21-7-4-12(5-8-21)18-15-6-9-23-19(15)17(22)10-13-2-3-14(20)11-16(13)18;1-17-12-6-8-2-3-9(15)7-11(8)13(16)10-4-5-18-14(10)12/h2-3,6,9,11H,4-5,7-8,10H2,1H3;2-7H,1H3. The minimum absolute atomic E-state index is 0.00736. The zero-order valence-corrected chi connectivity index (χ0v) is 25.8. The fraction of sp³-hybridized carbons (Fsp3) is 0.212. The highest BCUT2D eigenvalue weighted by Gasteiger charge is 2.27. The summed E-state index contributed by atoms with van der Waals surface area (Å²) >= 11 is 15.3. The lowest BCUT2D eigenvalue weighted by atomic mass is 9.88. The van der Waals surface area contributed by atoms with E-state index in [-0.39, 0.29) is 11.2 Å². The third-order valence-electron chi connectivity index (χ3n) is 7.72. The molecule has 4 nitrogen and oxygen atoms in total. The molecule has 8 heteroatoms. The predicted molar refractivity (Wildman–Crippen MR) is 174 cm³/mol. The third kappa shape index (κ3) is 5.47.